The third-order valence-electron chi connectivity index (χ3n) is 3.53. The van der Waals surface area contributed by atoms with Gasteiger partial charge in [0.05, 0.1) is 5.25 Å². The summed E-state index contributed by atoms with van der Waals surface area (Å²) in [7, 11) is 0. The molecule has 0 bridgehead atoms. The van der Waals surface area contributed by atoms with Gasteiger partial charge in [-0.25, -0.2) is 0 Å². The van der Waals surface area contributed by atoms with E-state index in [0.717, 1.165) is 31.1 Å². The molecule has 3 heterocycles. The third-order valence-corrected chi connectivity index (χ3v) is 4.84. The van der Waals surface area contributed by atoms with Gasteiger partial charge in [0.2, 0.25) is 5.89 Å². The van der Waals surface area contributed by atoms with Gasteiger partial charge in [0.15, 0.2) is 5.82 Å². The van der Waals surface area contributed by atoms with Crippen LogP contribution in [0.3, 0.4) is 0 Å². The van der Waals surface area contributed by atoms with Crippen molar-refractivity contribution in [3.8, 4) is 0 Å². The van der Waals surface area contributed by atoms with Gasteiger partial charge in [-0.05, 0) is 24.1 Å². The van der Waals surface area contributed by atoms with Crippen LogP contribution in [0.1, 0.15) is 22.5 Å². The molecule has 0 radical (unpaired) electrons. The minimum Gasteiger partial charge on any atom is -0.338 e. The van der Waals surface area contributed by atoms with Gasteiger partial charge < -0.3 is 4.52 Å². The maximum Gasteiger partial charge on any atom is 0.240 e. The van der Waals surface area contributed by atoms with Crippen molar-refractivity contribution in [3.63, 3.8) is 0 Å². The molecular formula is C15H14N4OS. The Morgan fingerprint density at radius 1 is 1.29 bits per heavy atom. The van der Waals surface area contributed by atoms with Crippen molar-refractivity contribution in [2.45, 2.75) is 29.5 Å². The van der Waals surface area contributed by atoms with Gasteiger partial charge in [-0.1, -0.05) is 23.4 Å². The molecular weight excluding hydrogens is 284 g/mol. The van der Waals surface area contributed by atoms with E-state index in [1.54, 1.807) is 18.0 Å². The number of rotatable bonds is 4. The van der Waals surface area contributed by atoms with Gasteiger partial charge in [0.1, 0.15) is 0 Å². The van der Waals surface area contributed by atoms with E-state index in [4.69, 9.17) is 4.52 Å². The summed E-state index contributed by atoms with van der Waals surface area (Å²) in [5.41, 5.74) is 1.36. The smallest absolute Gasteiger partial charge is 0.240 e. The van der Waals surface area contributed by atoms with E-state index in [9.17, 15) is 0 Å². The van der Waals surface area contributed by atoms with Crippen LogP contribution >= 0.6 is 11.8 Å². The first-order valence-corrected chi connectivity index (χ1v) is 7.81. The first-order chi connectivity index (χ1) is 10.4. The molecule has 3 aromatic rings. The predicted octanol–water partition coefficient (Wildman–Crippen LogP) is 2.90. The van der Waals surface area contributed by atoms with Crippen LogP contribution in [0.5, 0.6) is 0 Å². The zero-order valence-corrected chi connectivity index (χ0v) is 12.2. The fraction of sp³-hybridized carbons (Fsp3) is 0.267. The van der Waals surface area contributed by atoms with Crippen LogP contribution in [0.4, 0.5) is 0 Å². The average Bonchev–Trinajstić information content (AvgIpc) is 3.24. The number of fused-ring (bicyclic) bond motifs is 1. The zero-order chi connectivity index (χ0) is 14.1. The quantitative estimate of drug-likeness (QED) is 0.741. The third kappa shape index (κ3) is 2.58. The molecule has 1 aliphatic heterocycles. The highest BCUT2D eigenvalue weighted by molar-refractivity contribution is 7.99. The van der Waals surface area contributed by atoms with Crippen LogP contribution < -0.4 is 0 Å². The SMILES string of the molecule is c1ccc2c(c1)CC(c1nc(CCn3cccn3)no1)S2. The monoisotopic (exact) mass is 298 g/mol. The number of aryl methyl sites for hydroxylation is 2. The number of nitrogens with zero attached hydrogens (tertiary/aromatic N) is 4. The van der Waals surface area contributed by atoms with Crippen LogP contribution in [0.2, 0.25) is 0 Å². The topological polar surface area (TPSA) is 56.7 Å². The van der Waals surface area contributed by atoms with Gasteiger partial charge in [0.25, 0.3) is 0 Å². The summed E-state index contributed by atoms with van der Waals surface area (Å²) in [6.45, 7) is 0.768. The van der Waals surface area contributed by atoms with E-state index in [0.29, 0.717) is 0 Å². The largest absolute Gasteiger partial charge is 0.338 e. The second kappa shape index (κ2) is 5.37. The normalized spacial score (nSPS) is 17.0. The van der Waals surface area contributed by atoms with Crippen LogP contribution in [0, 0.1) is 0 Å². The van der Waals surface area contributed by atoms with Gasteiger partial charge in [-0.2, -0.15) is 10.1 Å². The van der Waals surface area contributed by atoms with Crippen molar-refractivity contribution in [3.05, 3.63) is 60.0 Å². The molecule has 2 aromatic heterocycles. The van der Waals surface area contributed by atoms with E-state index >= 15 is 0 Å². The van der Waals surface area contributed by atoms with Gasteiger partial charge in [-0.15, -0.1) is 11.8 Å². The zero-order valence-electron chi connectivity index (χ0n) is 11.3. The highest BCUT2D eigenvalue weighted by atomic mass is 32.2. The van der Waals surface area contributed by atoms with Crippen LogP contribution in [-0.2, 0) is 19.4 Å². The van der Waals surface area contributed by atoms with Crippen molar-refractivity contribution in [2.75, 3.05) is 0 Å². The minimum absolute atomic E-state index is 0.244. The molecule has 0 saturated carbocycles. The average molecular weight is 298 g/mol. The summed E-state index contributed by atoms with van der Waals surface area (Å²) in [5.74, 6) is 1.48. The lowest BCUT2D eigenvalue weighted by Crippen LogP contribution is -2.03. The van der Waals surface area contributed by atoms with Gasteiger partial charge >= 0.3 is 0 Å². The lowest BCUT2D eigenvalue weighted by atomic mass is 10.1. The van der Waals surface area contributed by atoms with E-state index in [1.165, 1.54) is 10.5 Å². The van der Waals surface area contributed by atoms with Crippen molar-refractivity contribution < 1.29 is 4.52 Å². The summed E-state index contributed by atoms with van der Waals surface area (Å²) in [6.07, 6.45) is 5.40. The second-order valence-electron chi connectivity index (χ2n) is 4.99. The number of benzene rings is 1. The molecule has 1 unspecified atom stereocenters. The molecule has 0 saturated heterocycles. The Bertz CT molecular complexity index is 713. The second-order valence-corrected chi connectivity index (χ2v) is 6.23. The fourth-order valence-electron chi connectivity index (χ4n) is 2.47. The van der Waals surface area contributed by atoms with E-state index in [2.05, 4.69) is 39.5 Å². The summed E-state index contributed by atoms with van der Waals surface area (Å²) in [4.78, 5) is 5.85. The molecule has 1 atom stereocenters. The highest BCUT2D eigenvalue weighted by Crippen LogP contribution is 2.45. The lowest BCUT2D eigenvalue weighted by molar-refractivity contribution is 0.370. The molecule has 0 spiro atoms. The molecule has 1 aliphatic rings. The molecule has 0 amide bonds. The number of aromatic nitrogens is 4. The number of thioether (sulfide) groups is 1. The standard InChI is InChI=1S/C15H14N4OS/c1-2-5-12-11(4-1)10-13(21-12)15-17-14(18-20-15)6-9-19-8-3-7-16-19/h1-5,7-8,13H,6,9-10H2. The van der Waals surface area contributed by atoms with E-state index in [-0.39, 0.29) is 5.25 Å². The van der Waals surface area contributed by atoms with Crippen LogP contribution in [0.25, 0.3) is 0 Å². The maximum atomic E-state index is 5.44. The minimum atomic E-state index is 0.244. The first kappa shape index (κ1) is 12.6. The van der Waals surface area contributed by atoms with Crippen molar-refractivity contribution >= 4 is 11.8 Å². The van der Waals surface area contributed by atoms with Crippen molar-refractivity contribution in [2.24, 2.45) is 0 Å². The Balaban J connectivity index is 1.44. The molecule has 106 valence electrons. The fourth-order valence-corrected chi connectivity index (χ4v) is 3.69. The van der Waals surface area contributed by atoms with Crippen molar-refractivity contribution in [1.29, 1.82) is 0 Å². The Hall–Kier alpha value is -2.08. The molecule has 0 N–H and O–H groups in total. The summed E-state index contributed by atoms with van der Waals surface area (Å²) in [6, 6.07) is 10.4. The summed E-state index contributed by atoms with van der Waals surface area (Å²) >= 11 is 1.80. The first-order valence-electron chi connectivity index (χ1n) is 6.93. The molecule has 5 nitrogen and oxygen atoms in total. The van der Waals surface area contributed by atoms with E-state index in [1.807, 2.05) is 16.9 Å². The van der Waals surface area contributed by atoms with Crippen molar-refractivity contribution in [1.82, 2.24) is 19.9 Å². The lowest BCUT2D eigenvalue weighted by Gasteiger charge is -2.00. The van der Waals surface area contributed by atoms with Crippen LogP contribution in [0.15, 0.2) is 52.1 Å². The predicted molar refractivity (Wildman–Crippen MR) is 79.0 cm³/mol. The van der Waals surface area contributed by atoms with Gasteiger partial charge in [0, 0.05) is 30.3 Å². The Kier molecular flexibility index (Phi) is 3.23. The van der Waals surface area contributed by atoms with E-state index < -0.39 is 0 Å². The molecule has 21 heavy (non-hydrogen) atoms. The molecule has 0 fully saturated rings. The maximum absolute atomic E-state index is 5.44. The Morgan fingerprint density at radius 2 is 2.24 bits per heavy atom. The highest BCUT2D eigenvalue weighted by Gasteiger charge is 2.27. The summed E-state index contributed by atoms with van der Waals surface area (Å²) in [5, 5.41) is 8.50. The van der Waals surface area contributed by atoms with Gasteiger partial charge in [-0.3, -0.25) is 4.68 Å². The molecule has 6 heteroatoms. The summed E-state index contributed by atoms with van der Waals surface area (Å²) < 4.78 is 7.31. The molecule has 0 aliphatic carbocycles. The Morgan fingerprint density at radius 3 is 3.10 bits per heavy atom. The number of hydrogen-bond acceptors (Lipinski definition) is 5. The Labute approximate surface area is 126 Å². The van der Waals surface area contributed by atoms with Crippen LogP contribution in [-0.4, -0.2) is 19.9 Å². The number of hydrogen-bond donors (Lipinski definition) is 0. The molecule has 4 rings (SSSR count). The molecule has 1 aromatic carbocycles.